The number of ether oxygens (including phenoxy) is 1. The Labute approximate surface area is 203 Å². The van der Waals surface area contributed by atoms with Gasteiger partial charge in [-0.05, 0) is 24.0 Å². The second kappa shape index (κ2) is 13.0. The first-order chi connectivity index (χ1) is 14.9. The maximum Gasteiger partial charge on any atom is 0.411 e. The van der Waals surface area contributed by atoms with Crippen LogP contribution in [0, 0.1) is 0 Å². The lowest BCUT2D eigenvalue weighted by Crippen LogP contribution is -2.38. The highest BCUT2D eigenvalue weighted by atomic mass is 127. The molecule has 32 heavy (non-hydrogen) atoms. The molecule has 0 saturated carbocycles. The predicted molar refractivity (Wildman–Crippen MR) is 127 cm³/mol. The number of nitrogens with zero attached hydrogens (tertiary/aromatic N) is 4. The van der Waals surface area contributed by atoms with Crippen molar-refractivity contribution in [3.05, 3.63) is 47.0 Å². The van der Waals surface area contributed by atoms with Crippen LogP contribution in [0.4, 0.5) is 13.2 Å². The molecular weight excluding hydrogens is 536 g/mol. The topological polar surface area (TPSA) is 76.4 Å². The summed E-state index contributed by atoms with van der Waals surface area (Å²) in [6.45, 7) is 0.914. The highest BCUT2D eigenvalue weighted by molar-refractivity contribution is 14.0. The summed E-state index contributed by atoms with van der Waals surface area (Å²) in [6, 6.07) is 7.25. The summed E-state index contributed by atoms with van der Waals surface area (Å²) in [4.78, 5) is 4.23. The Morgan fingerprint density at radius 2 is 1.84 bits per heavy atom. The lowest BCUT2D eigenvalue weighted by Gasteiger charge is -2.13. The summed E-state index contributed by atoms with van der Waals surface area (Å²) in [5.74, 6) is 2.76. The largest absolute Gasteiger partial charge is 0.411 e. The third kappa shape index (κ3) is 8.57. The van der Waals surface area contributed by atoms with Gasteiger partial charge in [0, 0.05) is 39.5 Å². The van der Waals surface area contributed by atoms with E-state index in [1.54, 1.807) is 19.2 Å². The molecule has 1 aromatic carbocycles. The zero-order chi connectivity index (χ0) is 22.1. The van der Waals surface area contributed by atoms with E-state index < -0.39 is 12.8 Å². The van der Waals surface area contributed by atoms with Gasteiger partial charge in [-0.2, -0.15) is 13.2 Å². The standard InChI is InChI=1S/C21H29F3N6O.HI/c1-25-20(26-11-10-19-29-28-18-5-3-2-4-12-30(18)19)27-13-16-6-8-17(9-7-16)14-31-15-21(22,23)24;/h6-9H,2-5,10-15H2,1H3,(H2,25,26,27);1H. The average molecular weight is 566 g/mol. The van der Waals surface area contributed by atoms with Gasteiger partial charge in [0.05, 0.1) is 6.61 Å². The molecule has 178 valence electrons. The van der Waals surface area contributed by atoms with Gasteiger partial charge in [-0.1, -0.05) is 30.7 Å². The van der Waals surface area contributed by atoms with E-state index in [0.29, 0.717) is 24.6 Å². The second-order valence-corrected chi connectivity index (χ2v) is 7.52. The van der Waals surface area contributed by atoms with Crippen LogP contribution in [0.15, 0.2) is 29.3 Å². The first-order valence-corrected chi connectivity index (χ1v) is 10.5. The Balaban J connectivity index is 0.00000363. The summed E-state index contributed by atoms with van der Waals surface area (Å²) in [6.07, 6.45) is 1.03. The van der Waals surface area contributed by atoms with E-state index in [0.717, 1.165) is 36.6 Å². The van der Waals surface area contributed by atoms with Crippen molar-refractivity contribution in [1.82, 2.24) is 25.4 Å². The number of fused-ring (bicyclic) bond motifs is 1. The lowest BCUT2D eigenvalue weighted by atomic mass is 10.1. The number of halogens is 4. The number of hydrogen-bond donors (Lipinski definition) is 2. The van der Waals surface area contributed by atoms with Crippen molar-refractivity contribution in [3.63, 3.8) is 0 Å². The first-order valence-electron chi connectivity index (χ1n) is 10.5. The van der Waals surface area contributed by atoms with Crippen LogP contribution >= 0.6 is 24.0 Å². The van der Waals surface area contributed by atoms with Crippen molar-refractivity contribution < 1.29 is 17.9 Å². The average Bonchev–Trinajstić information content (AvgIpc) is 2.96. The first kappa shape index (κ1) is 26.4. The maximum absolute atomic E-state index is 12.1. The molecule has 0 amide bonds. The Morgan fingerprint density at radius 1 is 1.09 bits per heavy atom. The molecule has 1 aliphatic rings. The molecule has 2 N–H and O–H groups in total. The van der Waals surface area contributed by atoms with Gasteiger partial charge in [0.2, 0.25) is 0 Å². The van der Waals surface area contributed by atoms with Crippen molar-refractivity contribution in [2.45, 2.75) is 58.0 Å². The van der Waals surface area contributed by atoms with Crippen LogP contribution in [0.2, 0.25) is 0 Å². The van der Waals surface area contributed by atoms with E-state index in [9.17, 15) is 13.2 Å². The third-order valence-electron chi connectivity index (χ3n) is 5.07. The Hall–Kier alpha value is -1.89. The molecule has 0 atom stereocenters. The fraction of sp³-hybridized carbons (Fsp3) is 0.571. The Kier molecular flexibility index (Phi) is 10.7. The number of hydrogen-bond acceptors (Lipinski definition) is 4. The van der Waals surface area contributed by atoms with Gasteiger partial charge in [0.1, 0.15) is 18.3 Å². The molecule has 7 nitrogen and oxygen atoms in total. The van der Waals surface area contributed by atoms with Crippen LogP contribution in [0.1, 0.15) is 42.0 Å². The number of aliphatic imine (C=N–C) groups is 1. The fourth-order valence-electron chi connectivity index (χ4n) is 3.47. The minimum Gasteiger partial charge on any atom is -0.367 e. The number of guanidine groups is 1. The molecular formula is C21H30F3IN6O. The van der Waals surface area contributed by atoms with E-state index >= 15 is 0 Å². The third-order valence-corrected chi connectivity index (χ3v) is 5.07. The summed E-state index contributed by atoms with van der Waals surface area (Å²) in [5, 5.41) is 15.2. The van der Waals surface area contributed by atoms with Crippen LogP contribution in [0.5, 0.6) is 0 Å². The molecule has 11 heteroatoms. The summed E-state index contributed by atoms with van der Waals surface area (Å²) >= 11 is 0. The molecule has 2 aromatic rings. The predicted octanol–water partition coefficient (Wildman–Crippen LogP) is 3.61. The zero-order valence-corrected chi connectivity index (χ0v) is 20.5. The van der Waals surface area contributed by atoms with E-state index in [4.69, 9.17) is 0 Å². The molecule has 0 aliphatic carbocycles. The van der Waals surface area contributed by atoms with Crippen LogP contribution in [-0.4, -0.2) is 47.1 Å². The minimum atomic E-state index is -4.31. The number of benzene rings is 1. The van der Waals surface area contributed by atoms with Crippen LogP contribution < -0.4 is 10.6 Å². The van der Waals surface area contributed by atoms with E-state index in [-0.39, 0.29) is 30.6 Å². The minimum absolute atomic E-state index is 0. The number of aryl methyl sites for hydroxylation is 1. The molecule has 0 radical (unpaired) electrons. The smallest absolute Gasteiger partial charge is 0.367 e. The number of aromatic nitrogens is 3. The van der Waals surface area contributed by atoms with Crippen molar-refractivity contribution in [1.29, 1.82) is 0 Å². The molecule has 1 aromatic heterocycles. The summed E-state index contributed by atoms with van der Waals surface area (Å²) < 4.78 is 43.3. The Morgan fingerprint density at radius 3 is 2.56 bits per heavy atom. The number of alkyl halides is 3. The normalized spacial score (nSPS) is 14.3. The van der Waals surface area contributed by atoms with Crippen LogP contribution in [-0.2, 0) is 37.3 Å². The summed E-state index contributed by atoms with van der Waals surface area (Å²) in [7, 11) is 1.71. The van der Waals surface area contributed by atoms with E-state index in [1.807, 2.05) is 12.1 Å². The van der Waals surface area contributed by atoms with Gasteiger partial charge >= 0.3 is 6.18 Å². The maximum atomic E-state index is 12.1. The molecule has 2 heterocycles. The van der Waals surface area contributed by atoms with Crippen LogP contribution in [0.3, 0.4) is 0 Å². The molecule has 0 unspecified atom stereocenters. The van der Waals surface area contributed by atoms with Gasteiger partial charge in [-0.3, -0.25) is 4.99 Å². The van der Waals surface area contributed by atoms with Gasteiger partial charge < -0.3 is 19.9 Å². The second-order valence-electron chi connectivity index (χ2n) is 7.52. The van der Waals surface area contributed by atoms with E-state index in [1.165, 1.54) is 19.3 Å². The van der Waals surface area contributed by atoms with Crippen molar-refractivity contribution in [2.24, 2.45) is 4.99 Å². The fourth-order valence-corrected chi connectivity index (χ4v) is 3.47. The quantitative estimate of drug-likeness (QED) is 0.290. The summed E-state index contributed by atoms with van der Waals surface area (Å²) in [5.41, 5.74) is 1.69. The Bertz CT molecular complexity index is 854. The molecule has 0 saturated heterocycles. The van der Waals surface area contributed by atoms with Crippen molar-refractivity contribution in [2.75, 3.05) is 20.2 Å². The van der Waals surface area contributed by atoms with E-state index in [2.05, 4.69) is 35.1 Å². The zero-order valence-electron chi connectivity index (χ0n) is 18.1. The molecule has 1 aliphatic heterocycles. The monoisotopic (exact) mass is 566 g/mol. The van der Waals surface area contributed by atoms with Crippen molar-refractivity contribution >= 4 is 29.9 Å². The molecule has 0 bridgehead atoms. The molecule has 0 fully saturated rings. The highest BCUT2D eigenvalue weighted by Gasteiger charge is 2.27. The van der Waals surface area contributed by atoms with Gasteiger partial charge in [0.25, 0.3) is 0 Å². The van der Waals surface area contributed by atoms with Gasteiger partial charge in [-0.25, -0.2) is 0 Å². The van der Waals surface area contributed by atoms with Crippen LogP contribution in [0.25, 0.3) is 0 Å². The number of rotatable bonds is 8. The SMILES string of the molecule is CN=C(NCCc1nnc2n1CCCCC2)NCc1ccc(COCC(F)(F)F)cc1.I. The molecule has 0 spiro atoms. The van der Waals surface area contributed by atoms with Gasteiger partial charge in [-0.15, -0.1) is 34.2 Å². The highest BCUT2D eigenvalue weighted by Crippen LogP contribution is 2.16. The number of nitrogens with one attached hydrogen (secondary N) is 2. The van der Waals surface area contributed by atoms with Crippen molar-refractivity contribution in [3.8, 4) is 0 Å². The lowest BCUT2D eigenvalue weighted by molar-refractivity contribution is -0.176. The van der Waals surface area contributed by atoms with Gasteiger partial charge in [0.15, 0.2) is 5.96 Å². The molecule has 3 rings (SSSR count).